The molecule has 21 heavy (non-hydrogen) atoms. The molecular weight excluding hydrogens is 270 g/mol. The third-order valence-electron chi connectivity index (χ3n) is 3.70. The normalized spacial score (nSPS) is 17.0. The Bertz CT molecular complexity index is 448. The lowest BCUT2D eigenvalue weighted by molar-refractivity contribution is 0.0747. The number of carbonyl (C=O) groups is 1. The molecule has 0 aromatic carbocycles. The van der Waals surface area contributed by atoms with Crippen LogP contribution < -0.4 is 0 Å². The highest BCUT2D eigenvalue weighted by Crippen LogP contribution is 2.07. The fraction of sp³-hybridized carbons (Fsp3) is 0.786. The smallest absolute Gasteiger partial charge is 0.293 e. The first-order valence-electron chi connectivity index (χ1n) is 7.66. The van der Waals surface area contributed by atoms with Crippen molar-refractivity contribution in [3.05, 3.63) is 11.6 Å². The van der Waals surface area contributed by atoms with Gasteiger partial charge in [-0.25, -0.2) is 4.98 Å². The molecule has 0 saturated carbocycles. The zero-order valence-corrected chi connectivity index (χ0v) is 13.0. The molecule has 0 atom stereocenters. The Balaban J connectivity index is 1.90. The molecule has 7 nitrogen and oxygen atoms in total. The second-order valence-electron chi connectivity index (χ2n) is 5.34. The molecule has 0 aliphatic carbocycles. The average molecular weight is 295 g/mol. The van der Waals surface area contributed by atoms with Crippen LogP contribution in [0.4, 0.5) is 0 Å². The van der Waals surface area contributed by atoms with Gasteiger partial charge in [-0.15, -0.1) is 5.10 Å². The summed E-state index contributed by atoms with van der Waals surface area (Å²) in [7, 11) is 1.71. The zero-order valence-electron chi connectivity index (χ0n) is 13.0. The molecular formula is C14H25N5O2. The third kappa shape index (κ3) is 4.50. The molecule has 1 saturated heterocycles. The number of carbonyl (C=O) groups excluding carboxylic acids is 1. The van der Waals surface area contributed by atoms with Crippen LogP contribution in [0.25, 0.3) is 0 Å². The minimum Gasteiger partial charge on any atom is -0.383 e. The summed E-state index contributed by atoms with van der Waals surface area (Å²) in [4.78, 5) is 20.9. The summed E-state index contributed by atoms with van der Waals surface area (Å²) >= 11 is 0. The van der Waals surface area contributed by atoms with Crippen LogP contribution in [0.3, 0.4) is 0 Å². The summed E-state index contributed by atoms with van der Waals surface area (Å²) in [5.74, 6) is 1.02. The summed E-state index contributed by atoms with van der Waals surface area (Å²) in [6.07, 6.45) is 2.79. The molecule has 1 N–H and O–H groups in total. The van der Waals surface area contributed by atoms with Gasteiger partial charge in [-0.1, -0.05) is 6.92 Å². The van der Waals surface area contributed by atoms with Gasteiger partial charge < -0.3 is 9.64 Å². The summed E-state index contributed by atoms with van der Waals surface area (Å²) in [6.45, 7) is 7.09. The fourth-order valence-corrected chi connectivity index (χ4v) is 2.50. The van der Waals surface area contributed by atoms with Crippen molar-refractivity contribution >= 4 is 5.91 Å². The number of ether oxygens (including phenoxy) is 1. The number of hydrogen-bond donors (Lipinski definition) is 1. The van der Waals surface area contributed by atoms with Crippen molar-refractivity contribution in [3.63, 3.8) is 0 Å². The molecule has 0 bridgehead atoms. The predicted molar refractivity (Wildman–Crippen MR) is 79.2 cm³/mol. The lowest BCUT2D eigenvalue weighted by atomic mass is 10.3. The van der Waals surface area contributed by atoms with Crippen molar-refractivity contribution in [2.45, 2.75) is 26.2 Å². The van der Waals surface area contributed by atoms with E-state index in [0.29, 0.717) is 5.82 Å². The van der Waals surface area contributed by atoms with E-state index in [4.69, 9.17) is 4.74 Å². The van der Waals surface area contributed by atoms with Crippen molar-refractivity contribution in [1.82, 2.24) is 25.0 Å². The lowest BCUT2D eigenvalue weighted by Gasteiger charge is -2.20. The average Bonchev–Trinajstić information content (AvgIpc) is 2.82. The fourth-order valence-electron chi connectivity index (χ4n) is 2.50. The molecule has 0 radical (unpaired) electrons. The van der Waals surface area contributed by atoms with Crippen LogP contribution in [0, 0.1) is 0 Å². The SMILES string of the molecule is CCCc1nc(C(=O)N2CCCN(CCOC)CC2)n[nH]1. The quantitative estimate of drug-likeness (QED) is 0.829. The number of hydrogen-bond acceptors (Lipinski definition) is 5. The maximum Gasteiger partial charge on any atom is 0.293 e. The number of aromatic nitrogens is 3. The van der Waals surface area contributed by atoms with E-state index >= 15 is 0 Å². The van der Waals surface area contributed by atoms with Crippen LogP contribution in [0.15, 0.2) is 0 Å². The molecule has 7 heteroatoms. The van der Waals surface area contributed by atoms with Gasteiger partial charge in [-0.05, 0) is 19.4 Å². The van der Waals surface area contributed by atoms with Crippen molar-refractivity contribution in [1.29, 1.82) is 0 Å². The van der Waals surface area contributed by atoms with Gasteiger partial charge in [0.25, 0.3) is 5.91 Å². The van der Waals surface area contributed by atoms with E-state index in [1.165, 1.54) is 0 Å². The second kappa shape index (κ2) is 8.09. The van der Waals surface area contributed by atoms with E-state index in [1.807, 2.05) is 4.90 Å². The minimum absolute atomic E-state index is 0.0674. The van der Waals surface area contributed by atoms with Gasteiger partial charge in [-0.3, -0.25) is 14.8 Å². The van der Waals surface area contributed by atoms with Gasteiger partial charge in [-0.2, -0.15) is 0 Å². The van der Waals surface area contributed by atoms with Crippen LogP contribution in [0.2, 0.25) is 0 Å². The number of aryl methyl sites for hydroxylation is 1. The maximum absolute atomic E-state index is 12.4. The standard InChI is InChI=1S/C14H25N5O2/c1-3-5-12-15-13(17-16-12)14(20)19-7-4-6-18(8-9-19)10-11-21-2/h3-11H2,1-2H3,(H,15,16,17). The summed E-state index contributed by atoms with van der Waals surface area (Å²) in [6, 6.07) is 0. The van der Waals surface area contributed by atoms with Crippen LogP contribution in [0.1, 0.15) is 36.2 Å². The van der Waals surface area contributed by atoms with E-state index in [1.54, 1.807) is 7.11 Å². The molecule has 2 heterocycles. The number of rotatable bonds is 6. The first-order valence-corrected chi connectivity index (χ1v) is 7.66. The summed E-state index contributed by atoms with van der Waals surface area (Å²) in [5, 5.41) is 6.89. The number of H-pyrrole nitrogens is 1. The topological polar surface area (TPSA) is 74.3 Å². The Morgan fingerprint density at radius 1 is 1.33 bits per heavy atom. The van der Waals surface area contributed by atoms with E-state index in [2.05, 4.69) is 27.0 Å². The van der Waals surface area contributed by atoms with Crippen LogP contribution in [-0.2, 0) is 11.2 Å². The van der Waals surface area contributed by atoms with Gasteiger partial charge in [0.05, 0.1) is 6.61 Å². The Hall–Kier alpha value is -1.47. The van der Waals surface area contributed by atoms with E-state index < -0.39 is 0 Å². The van der Waals surface area contributed by atoms with E-state index in [9.17, 15) is 4.79 Å². The third-order valence-corrected chi connectivity index (χ3v) is 3.70. The Morgan fingerprint density at radius 2 is 2.19 bits per heavy atom. The van der Waals surface area contributed by atoms with E-state index in [-0.39, 0.29) is 5.91 Å². The Labute approximate surface area is 125 Å². The predicted octanol–water partition coefficient (Wildman–Crippen LogP) is 0.552. The van der Waals surface area contributed by atoms with Crippen molar-refractivity contribution < 1.29 is 9.53 Å². The first kappa shape index (κ1) is 15.9. The molecule has 1 fully saturated rings. The molecule has 1 aliphatic heterocycles. The zero-order chi connectivity index (χ0) is 15.1. The summed E-state index contributed by atoms with van der Waals surface area (Å²) < 4.78 is 5.11. The molecule has 1 aliphatic rings. The number of nitrogens with zero attached hydrogens (tertiary/aromatic N) is 4. The van der Waals surface area contributed by atoms with Gasteiger partial charge in [0.2, 0.25) is 5.82 Å². The van der Waals surface area contributed by atoms with Gasteiger partial charge in [0.15, 0.2) is 0 Å². The number of amides is 1. The minimum atomic E-state index is -0.0674. The highest BCUT2D eigenvalue weighted by Gasteiger charge is 2.23. The van der Waals surface area contributed by atoms with Crippen molar-refractivity contribution in [2.24, 2.45) is 0 Å². The molecule has 1 aromatic rings. The molecule has 2 rings (SSSR count). The van der Waals surface area contributed by atoms with Crippen molar-refractivity contribution in [2.75, 3.05) is 46.4 Å². The highest BCUT2D eigenvalue weighted by atomic mass is 16.5. The Morgan fingerprint density at radius 3 is 2.95 bits per heavy atom. The molecule has 1 amide bonds. The van der Waals surface area contributed by atoms with Crippen LogP contribution in [0.5, 0.6) is 0 Å². The maximum atomic E-state index is 12.4. The van der Waals surface area contributed by atoms with Gasteiger partial charge >= 0.3 is 0 Å². The number of aromatic amines is 1. The molecule has 1 aromatic heterocycles. The van der Waals surface area contributed by atoms with Crippen molar-refractivity contribution in [3.8, 4) is 0 Å². The molecule has 0 unspecified atom stereocenters. The molecule has 118 valence electrons. The Kier molecular flexibility index (Phi) is 6.13. The monoisotopic (exact) mass is 295 g/mol. The van der Waals surface area contributed by atoms with Gasteiger partial charge in [0.1, 0.15) is 5.82 Å². The number of nitrogens with one attached hydrogen (secondary N) is 1. The van der Waals surface area contributed by atoms with Crippen LogP contribution >= 0.6 is 0 Å². The highest BCUT2D eigenvalue weighted by molar-refractivity contribution is 5.90. The van der Waals surface area contributed by atoms with E-state index in [0.717, 1.165) is 64.4 Å². The molecule has 0 spiro atoms. The summed E-state index contributed by atoms with van der Waals surface area (Å²) in [5.41, 5.74) is 0. The lowest BCUT2D eigenvalue weighted by Crippen LogP contribution is -2.36. The first-order chi connectivity index (χ1) is 10.2. The number of methoxy groups -OCH3 is 1. The second-order valence-corrected chi connectivity index (χ2v) is 5.34. The largest absolute Gasteiger partial charge is 0.383 e. The van der Waals surface area contributed by atoms with Gasteiger partial charge in [0, 0.05) is 39.7 Å². The van der Waals surface area contributed by atoms with Crippen LogP contribution in [-0.4, -0.2) is 77.3 Å².